The highest BCUT2D eigenvalue weighted by atomic mass is 79.9. The highest BCUT2D eigenvalue weighted by Crippen LogP contribution is 2.18. The molecule has 0 bridgehead atoms. The molecule has 1 aromatic heterocycles. The maximum atomic E-state index is 5.77. The predicted molar refractivity (Wildman–Crippen MR) is 71.1 cm³/mol. The standard InChI is InChI=1S/C13H15BrN2O/c1-3-16-8-12(14)15-13(16)9-17-11-7-5-4-6-10(11)2/h4-8H,3,9H2,1-2H3. The van der Waals surface area contributed by atoms with Gasteiger partial charge in [-0.05, 0) is 41.4 Å². The van der Waals surface area contributed by atoms with Crippen LogP contribution in [0.2, 0.25) is 0 Å². The van der Waals surface area contributed by atoms with Crippen LogP contribution in [0.25, 0.3) is 0 Å². The lowest BCUT2D eigenvalue weighted by Crippen LogP contribution is -2.05. The van der Waals surface area contributed by atoms with E-state index >= 15 is 0 Å². The van der Waals surface area contributed by atoms with Crippen molar-refractivity contribution >= 4 is 15.9 Å². The number of benzene rings is 1. The van der Waals surface area contributed by atoms with Gasteiger partial charge in [-0.15, -0.1) is 0 Å². The van der Waals surface area contributed by atoms with Crippen LogP contribution in [0.4, 0.5) is 0 Å². The van der Waals surface area contributed by atoms with Gasteiger partial charge in [-0.2, -0.15) is 0 Å². The maximum absolute atomic E-state index is 5.77. The van der Waals surface area contributed by atoms with E-state index in [1.807, 2.05) is 37.4 Å². The number of nitrogens with zero attached hydrogens (tertiary/aromatic N) is 2. The summed E-state index contributed by atoms with van der Waals surface area (Å²) < 4.78 is 8.70. The molecule has 2 aromatic rings. The second kappa shape index (κ2) is 5.36. The molecule has 0 aliphatic heterocycles. The minimum absolute atomic E-state index is 0.490. The smallest absolute Gasteiger partial charge is 0.148 e. The van der Waals surface area contributed by atoms with E-state index in [1.54, 1.807) is 0 Å². The Morgan fingerprint density at radius 1 is 1.35 bits per heavy atom. The highest BCUT2D eigenvalue weighted by Gasteiger charge is 2.06. The number of hydrogen-bond acceptors (Lipinski definition) is 2. The van der Waals surface area contributed by atoms with Gasteiger partial charge in [-0.3, -0.25) is 0 Å². The summed E-state index contributed by atoms with van der Waals surface area (Å²) in [5.41, 5.74) is 1.14. The van der Waals surface area contributed by atoms with Gasteiger partial charge >= 0.3 is 0 Å². The lowest BCUT2D eigenvalue weighted by atomic mass is 10.2. The van der Waals surface area contributed by atoms with Crippen molar-refractivity contribution in [3.63, 3.8) is 0 Å². The average molecular weight is 295 g/mol. The highest BCUT2D eigenvalue weighted by molar-refractivity contribution is 9.10. The first-order valence-electron chi connectivity index (χ1n) is 5.60. The minimum Gasteiger partial charge on any atom is -0.485 e. The number of halogens is 1. The zero-order valence-electron chi connectivity index (χ0n) is 9.98. The maximum Gasteiger partial charge on any atom is 0.148 e. The number of rotatable bonds is 4. The Morgan fingerprint density at radius 2 is 2.12 bits per heavy atom. The van der Waals surface area contributed by atoms with Gasteiger partial charge in [0.15, 0.2) is 0 Å². The molecule has 0 N–H and O–H groups in total. The lowest BCUT2D eigenvalue weighted by Gasteiger charge is -2.09. The predicted octanol–water partition coefficient (Wildman–Crippen LogP) is 3.55. The van der Waals surface area contributed by atoms with Crippen LogP contribution in [0.5, 0.6) is 5.75 Å². The van der Waals surface area contributed by atoms with Crippen molar-refractivity contribution in [2.45, 2.75) is 27.0 Å². The third-order valence-corrected chi connectivity index (χ3v) is 3.00. The molecule has 0 amide bonds. The Kier molecular flexibility index (Phi) is 3.84. The molecule has 0 saturated heterocycles. The van der Waals surface area contributed by atoms with Crippen molar-refractivity contribution < 1.29 is 4.74 Å². The molecule has 1 heterocycles. The van der Waals surface area contributed by atoms with E-state index in [-0.39, 0.29) is 0 Å². The minimum atomic E-state index is 0.490. The molecule has 2 rings (SSSR count). The number of ether oxygens (including phenoxy) is 1. The van der Waals surface area contributed by atoms with Gasteiger partial charge in [0.1, 0.15) is 22.8 Å². The van der Waals surface area contributed by atoms with Crippen molar-refractivity contribution in [2.75, 3.05) is 0 Å². The largest absolute Gasteiger partial charge is 0.485 e. The van der Waals surface area contributed by atoms with Gasteiger partial charge in [0.05, 0.1) is 0 Å². The van der Waals surface area contributed by atoms with Crippen molar-refractivity contribution in [3.05, 3.63) is 46.5 Å². The van der Waals surface area contributed by atoms with E-state index in [1.165, 1.54) is 0 Å². The zero-order chi connectivity index (χ0) is 12.3. The molecule has 0 radical (unpaired) electrons. The van der Waals surface area contributed by atoms with Gasteiger partial charge in [0, 0.05) is 12.7 Å². The summed E-state index contributed by atoms with van der Waals surface area (Å²) in [6.45, 7) is 5.51. The fraction of sp³-hybridized carbons (Fsp3) is 0.308. The van der Waals surface area contributed by atoms with Crippen LogP contribution in [-0.2, 0) is 13.2 Å². The summed E-state index contributed by atoms with van der Waals surface area (Å²) in [5.74, 6) is 1.84. The average Bonchev–Trinajstić information content (AvgIpc) is 2.69. The molecule has 90 valence electrons. The molecule has 0 saturated carbocycles. The first-order valence-corrected chi connectivity index (χ1v) is 6.40. The Bertz CT molecular complexity index is 508. The monoisotopic (exact) mass is 294 g/mol. The normalized spacial score (nSPS) is 10.5. The van der Waals surface area contributed by atoms with Crippen molar-refractivity contribution in [1.82, 2.24) is 9.55 Å². The van der Waals surface area contributed by atoms with Crippen LogP contribution < -0.4 is 4.74 Å². The molecular formula is C13H15BrN2O. The van der Waals surface area contributed by atoms with E-state index in [9.17, 15) is 0 Å². The molecule has 3 nitrogen and oxygen atoms in total. The van der Waals surface area contributed by atoms with Crippen molar-refractivity contribution in [1.29, 1.82) is 0 Å². The zero-order valence-corrected chi connectivity index (χ0v) is 11.6. The first-order chi connectivity index (χ1) is 8.20. The van der Waals surface area contributed by atoms with Crippen molar-refractivity contribution in [3.8, 4) is 5.75 Å². The van der Waals surface area contributed by atoms with E-state index < -0.39 is 0 Å². The summed E-state index contributed by atoms with van der Waals surface area (Å²) in [6, 6.07) is 8.00. The summed E-state index contributed by atoms with van der Waals surface area (Å²) in [4.78, 5) is 4.38. The van der Waals surface area contributed by atoms with E-state index in [4.69, 9.17) is 4.74 Å². The van der Waals surface area contributed by atoms with Gasteiger partial charge in [-0.1, -0.05) is 18.2 Å². The van der Waals surface area contributed by atoms with Crippen LogP contribution in [0.1, 0.15) is 18.3 Å². The fourth-order valence-electron chi connectivity index (χ4n) is 1.67. The van der Waals surface area contributed by atoms with Gasteiger partial charge in [0.2, 0.25) is 0 Å². The number of para-hydroxylation sites is 1. The van der Waals surface area contributed by atoms with Crippen molar-refractivity contribution in [2.24, 2.45) is 0 Å². The first kappa shape index (κ1) is 12.2. The topological polar surface area (TPSA) is 27.1 Å². The molecule has 17 heavy (non-hydrogen) atoms. The van der Waals surface area contributed by atoms with Crippen LogP contribution in [0.15, 0.2) is 35.1 Å². The lowest BCUT2D eigenvalue weighted by molar-refractivity contribution is 0.288. The van der Waals surface area contributed by atoms with E-state index in [0.717, 1.165) is 28.3 Å². The third kappa shape index (κ3) is 2.88. The molecule has 1 aromatic carbocycles. The third-order valence-electron chi connectivity index (χ3n) is 2.62. The van der Waals surface area contributed by atoms with Gasteiger partial charge < -0.3 is 9.30 Å². The van der Waals surface area contributed by atoms with Crippen LogP contribution in [-0.4, -0.2) is 9.55 Å². The number of aryl methyl sites for hydroxylation is 2. The van der Waals surface area contributed by atoms with Gasteiger partial charge in [-0.25, -0.2) is 4.98 Å². The summed E-state index contributed by atoms with van der Waals surface area (Å²) in [5, 5.41) is 0. The Morgan fingerprint density at radius 3 is 2.82 bits per heavy atom. The van der Waals surface area contributed by atoms with E-state index in [2.05, 4.69) is 32.4 Å². The molecule has 0 unspecified atom stereocenters. The fourth-order valence-corrected chi connectivity index (χ4v) is 2.12. The van der Waals surface area contributed by atoms with Crippen LogP contribution in [0, 0.1) is 6.92 Å². The second-order valence-electron chi connectivity index (χ2n) is 3.82. The SMILES string of the molecule is CCn1cc(Br)nc1COc1ccccc1C. The Labute approximate surface area is 110 Å². The Balaban J connectivity index is 2.09. The van der Waals surface area contributed by atoms with Crippen LogP contribution >= 0.6 is 15.9 Å². The molecule has 4 heteroatoms. The summed E-state index contributed by atoms with van der Waals surface area (Å²) >= 11 is 3.38. The number of aromatic nitrogens is 2. The molecule has 0 atom stereocenters. The molecule has 0 aliphatic rings. The van der Waals surface area contributed by atoms with Gasteiger partial charge in [0.25, 0.3) is 0 Å². The quantitative estimate of drug-likeness (QED) is 0.862. The molecule has 0 fully saturated rings. The second-order valence-corrected chi connectivity index (χ2v) is 4.63. The van der Waals surface area contributed by atoms with E-state index in [0.29, 0.717) is 6.61 Å². The molecule has 0 aliphatic carbocycles. The Hall–Kier alpha value is -1.29. The molecular weight excluding hydrogens is 280 g/mol. The number of imidazole rings is 1. The van der Waals surface area contributed by atoms with Crippen LogP contribution in [0.3, 0.4) is 0 Å². The summed E-state index contributed by atoms with van der Waals surface area (Å²) in [7, 11) is 0. The number of hydrogen-bond donors (Lipinski definition) is 0. The summed E-state index contributed by atoms with van der Waals surface area (Å²) in [6.07, 6.45) is 1.97. The molecule has 0 spiro atoms.